The Balaban J connectivity index is 2.19. The maximum Gasteiger partial charge on any atom is 0.229 e. The molecule has 0 saturated carbocycles. The molecule has 3 nitrogen and oxygen atoms in total. The topological polar surface area (TPSA) is 46.2 Å². The minimum Gasteiger partial charge on any atom is -0.325 e. The van der Waals surface area contributed by atoms with Crippen LogP contribution in [0, 0.1) is 5.41 Å². The number of nitrogens with one attached hydrogen (secondary N) is 1. The summed E-state index contributed by atoms with van der Waals surface area (Å²) in [4.78, 5) is 25.2. The van der Waals surface area contributed by atoms with Gasteiger partial charge in [-0.25, -0.2) is 0 Å². The van der Waals surface area contributed by atoms with Gasteiger partial charge in [-0.3, -0.25) is 9.59 Å². The second-order valence-electron chi connectivity index (χ2n) is 5.96. The highest BCUT2D eigenvalue weighted by Crippen LogP contribution is 2.30. The minimum absolute atomic E-state index is 0.0435. The largest absolute Gasteiger partial charge is 0.325 e. The van der Waals surface area contributed by atoms with Gasteiger partial charge in [-0.05, 0) is 23.9 Å². The number of amides is 1. The van der Waals surface area contributed by atoms with Crippen LogP contribution in [0.15, 0.2) is 59.5 Å². The average Bonchev–Trinajstić information content (AvgIpc) is 2.49. The van der Waals surface area contributed by atoms with Crippen LogP contribution < -0.4 is 5.32 Å². The van der Waals surface area contributed by atoms with Gasteiger partial charge in [0.25, 0.3) is 0 Å². The molecule has 0 aliphatic carbocycles. The van der Waals surface area contributed by atoms with Crippen molar-refractivity contribution in [1.29, 1.82) is 0 Å². The quantitative estimate of drug-likeness (QED) is 0.842. The van der Waals surface area contributed by atoms with Crippen molar-refractivity contribution in [2.75, 3.05) is 5.32 Å². The van der Waals surface area contributed by atoms with Crippen LogP contribution in [0.4, 0.5) is 5.69 Å². The Hall–Kier alpha value is -2.07. The molecule has 4 heteroatoms. The van der Waals surface area contributed by atoms with Crippen molar-refractivity contribution < 1.29 is 9.59 Å². The van der Waals surface area contributed by atoms with Crippen molar-refractivity contribution in [2.45, 2.75) is 25.7 Å². The zero-order valence-corrected chi connectivity index (χ0v) is 13.7. The molecular weight excluding hydrogens is 294 g/mol. The van der Waals surface area contributed by atoms with E-state index in [-0.39, 0.29) is 11.0 Å². The van der Waals surface area contributed by atoms with Crippen LogP contribution >= 0.6 is 11.8 Å². The number of carbonyl (C=O) groups excluding carboxylic acids is 2. The van der Waals surface area contributed by atoms with Crippen LogP contribution in [-0.4, -0.2) is 11.0 Å². The fourth-order valence-corrected chi connectivity index (χ4v) is 2.53. The predicted octanol–water partition coefficient (Wildman–Crippen LogP) is 4.60. The number of hydrogen-bond donors (Lipinski definition) is 1. The lowest BCUT2D eigenvalue weighted by molar-refractivity contribution is -0.123. The maximum absolute atomic E-state index is 12.3. The highest BCUT2D eigenvalue weighted by atomic mass is 32.2. The second-order valence-corrected chi connectivity index (χ2v) is 6.97. The van der Waals surface area contributed by atoms with Crippen LogP contribution in [0.2, 0.25) is 0 Å². The van der Waals surface area contributed by atoms with E-state index in [9.17, 15) is 9.59 Å². The van der Waals surface area contributed by atoms with Gasteiger partial charge in [-0.1, -0.05) is 63.2 Å². The van der Waals surface area contributed by atoms with Crippen molar-refractivity contribution in [3.63, 3.8) is 0 Å². The highest BCUT2D eigenvalue weighted by Gasteiger charge is 2.22. The zero-order valence-electron chi connectivity index (χ0n) is 12.9. The third-order valence-electron chi connectivity index (χ3n) is 3.03. The van der Waals surface area contributed by atoms with Gasteiger partial charge in [0.05, 0.1) is 5.69 Å². The van der Waals surface area contributed by atoms with E-state index in [0.717, 1.165) is 16.7 Å². The highest BCUT2D eigenvalue weighted by molar-refractivity contribution is 8.14. The van der Waals surface area contributed by atoms with Crippen molar-refractivity contribution in [1.82, 2.24) is 0 Å². The Morgan fingerprint density at radius 3 is 2.14 bits per heavy atom. The van der Waals surface area contributed by atoms with Gasteiger partial charge >= 0.3 is 0 Å². The Morgan fingerprint density at radius 2 is 1.50 bits per heavy atom. The van der Waals surface area contributed by atoms with Crippen molar-refractivity contribution in [3.8, 4) is 0 Å². The summed E-state index contributed by atoms with van der Waals surface area (Å²) in [6, 6.07) is 16.5. The van der Waals surface area contributed by atoms with Gasteiger partial charge in [0, 0.05) is 15.9 Å². The molecule has 0 fully saturated rings. The molecule has 0 aliphatic rings. The van der Waals surface area contributed by atoms with E-state index in [2.05, 4.69) is 5.32 Å². The average molecular weight is 313 g/mol. The molecule has 0 saturated heterocycles. The van der Waals surface area contributed by atoms with Crippen LogP contribution in [0.1, 0.15) is 31.1 Å². The summed E-state index contributed by atoms with van der Waals surface area (Å²) in [5, 5.41) is 2.85. The molecule has 0 spiro atoms. The van der Waals surface area contributed by atoms with E-state index in [0.29, 0.717) is 11.3 Å². The van der Waals surface area contributed by atoms with E-state index in [1.165, 1.54) is 0 Å². The number of carbonyl (C=O) groups is 2. The molecule has 0 aliphatic heterocycles. The summed E-state index contributed by atoms with van der Waals surface area (Å²) in [5.74, 6) is -0.0762. The van der Waals surface area contributed by atoms with Gasteiger partial charge in [0.15, 0.2) is 0 Å². The molecule has 0 heterocycles. The predicted molar refractivity (Wildman–Crippen MR) is 91.2 cm³/mol. The Kier molecular flexibility index (Phi) is 5.03. The molecule has 2 rings (SSSR count). The molecule has 0 atom stereocenters. The number of benzene rings is 2. The summed E-state index contributed by atoms with van der Waals surface area (Å²) in [6.45, 7) is 5.56. The van der Waals surface area contributed by atoms with Crippen molar-refractivity contribution >= 4 is 28.5 Å². The van der Waals surface area contributed by atoms with Gasteiger partial charge in [0.2, 0.25) is 11.0 Å². The smallest absolute Gasteiger partial charge is 0.229 e. The summed E-state index contributed by atoms with van der Waals surface area (Å²) >= 11 is 1.12. The number of anilines is 1. The molecule has 2 aromatic carbocycles. The lowest BCUT2D eigenvalue weighted by atomic mass is 9.95. The van der Waals surface area contributed by atoms with Gasteiger partial charge in [-0.15, -0.1) is 0 Å². The first-order chi connectivity index (χ1) is 10.4. The van der Waals surface area contributed by atoms with E-state index >= 15 is 0 Å². The molecule has 114 valence electrons. The number of thioether (sulfide) groups is 1. The van der Waals surface area contributed by atoms with E-state index in [4.69, 9.17) is 0 Å². The van der Waals surface area contributed by atoms with Crippen molar-refractivity contribution in [2.24, 2.45) is 5.41 Å². The monoisotopic (exact) mass is 313 g/mol. The molecule has 22 heavy (non-hydrogen) atoms. The zero-order chi connectivity index (χ0) is 16.2. The Morgan fingerprint density at radius 1 is 0.909 bits per heavy atom. The number of hydrogen-bond acceptors (Lipinski definition) is 3. The fraction of sp³-hybridized carbons (Fsp3) is 0.222. The maximum atomic E-state index is 12.3. The van der Waals surface area contributed by atoms with Gasteiger partial charge in [-0.2, -0.15) is 0 Å². The van der Waals surface area contributed by atoms with Crippen LogP contribution in [0.3, 0.4) is 0 Å². The lowest BCUT2D eigenvalue weighted by Gasteiger charge is -2.19. The van der Waals surface area contributed by atoms with Crippen LogP contribution in [0.5, 0.6) is 0 Å². The van der Waals surface area contributed by atoms with Crippen LogP contribution in [-0.2, 0) is 4.79 Å². The third-order valence-corrected chi connectivity index (χ3v) is 4.03. The van der Waals surface area contributed by atoms with E-state index in [1.54, 1.807) is 12.1 Å². The molecule has 2 aromatic rings. The first kappa shape index (κ1) is 16.3. The lowest BCUT2D eigenvalue weighted by Crippen LogP contribution is -2.27. The van der Waals surface area contributed by atoms with Crippen LogP contribution in [0.25, 0.3) is 0 Å². The molecule has 0 aromatic heterocycles. The summed E-state index contributed by atoms with van der Waals surface area (Å²) in [5.41, 5.74) is 0.822. The Bertz CT molecular complexity index is 675. The first-order valence-electron chi connectivity index (χ1n) is 7.05. The fourth-order valence-electron chi connectivity index (χ4n) is 1.70. The summed E-state index contributed by atoms with van der Waals surface area (Å²) in [6.07, 6.45) is 0. The molecule has 0 unspecified atom stereocenters. The van der Waals surface area contributed by atoms with E-state index in [1.807, 2.05) is 63.2 Å². The SMILES string of the molecule is CC(C)(C)C(=O)Nc1ccccc1SC(=O)c1ccccc1. The molecule has 0 radical (unpaired) electrons. The Labute approximate surface area is 135 Å². The minimum atomic E-state index is -0.485. The number of rotatable bonds is 3. The summed E-state index contributed by atoms with van der Waals surface area (Å²) in [7, 11) is 0. The van der Waals surface area contributed by atoms with Crippen molar-refractivity contribution in [3.05, 3.63) is 60.2 Å². The van der Waals surface area contributed by atoms with Gasteiger partial charge < -0.3 is 5.32 Å². The van der Waals surface area contributed by atoms with E-state index < -0.39 is 5.41 Å². The summed E-state index contributed by atoms with van der Waals surface area (Å²) < 4.78 is 0. The molecule has 1 amide bonds. The first-order valence-corrected chi connectivity index (χ1v) is 7.87. The molecule has 1 N–H and O–H groups in total. The standard InChI is InChI=1S/C18H19NO2S/c1-18(2,3)17(21)19-14-11-7-8-12-15(14)22-16(20)13-9-5-4-6-10-13/h4-12H,1-3H3,(H,19,21). The molecular formula is C18H19NO2S. The normalized spacial score (nSPS) is 11.0. The number of para-hydroxylation sites is 1. The second kappa shape index (κ2) is 6.79. The third kappa shape index (κ3) is 4.21. The molecule has 0 bridgehead atoms. The van der Waals surface area contributed by atoms with Gasteiger partial charge in [0.1, 0.15) is 0 Å².